The minimum absolute atomic E-state index is 0.0745. The van der Waals surface area contributed by atoms with Crippen LogP contribution in [0.3, 0.4) is 0 Å². The van der Waals surface area contributed by atoms with E-state index in [0.29, 0.717) is 54.7 Å². The molecule has 3 fully saturated rings. The van der Waals surface area contributed by atoms with Gasteiger partial charge in [-0.3, -0.25) is 19.3 Å². The van der Waals surface area contributed by atoms with Gasteiger partial charge in [0.15, 0.2) is 0 Å². The van der Waals surface area contributed by atoms with E-state index in [1.165, 1.54) is 0 Å². The number of nitrogens with zero attached hydrogens (tertiary/aromatic N) is 5. The summed E-state index contributed by atoms with van der Waals surface area (Å²) in [5.41, 5.74) is 2.03. The van der Waals surface area contributed by atoms with Gasteiger partial charge in [0.1, 0.15) is 29.9 Å². The topological polar surface area (TPSA) is 137 Å². The molecule has 0 radical (unpaired) electrons. The van der Waals surface area contributed by atoms with Gasteiger partial charge in [-0.1, -0.05) is 91.0 Å². The number of ether oxygens (including phenoxy) is 2. The Morgan fingerprint density at radius 2 is 1.47 bits per heavy atom. The number of para-hydroxylation sites is 1. The molecule has 1 spiro atoms. The second-order valence-corrected chi connectivity index (χ2v) is 14.3. The van der Waals surface area contributed by atoms with Crippen molar-refractivity contribution < 1.29 is 29.0 Å². The first-order chi connectivity index (χ1) is 27.0. The highest BCUT2D eigenvalue weighted by molar-refractivity contribution is 6.12. The van der Waals surface area contributed by atoms with E-state index in [-0.39, 0.29) is 25.0 Å². The summed E-state index contributed by atoms with van der Waals surface area (Å²) < 4.78 is 12.4. The molecule has 1 aromatic heterocycles. The number of carbonyl (C=O) groups excluding carboxylic acids is 3. The van der Waals surface area contributed by atoms with Crippen LogP contribution >= 0.6 is 0 Å². The number of aliphatic hydroxyl groups is 1. The zero-order valence-corrected chi connectivity index (χ0v) is 30.0. The van der Waals surface area contributed by atoms with Crippen molar-refractivity contribution in [3.63, 3.8) is 0 Å². The van der Waals surface area contributed by atoms with Crippen molar-refractivity contribution in [2.24, 2.45) is 5.92 Å². The minimum Gasteiger partial charge on any atom is -0.491 e. The van der Waals surface area contributed by atoms with Crippen molar-refractivity contribution in [2.75, 3.05) is 49.6 Å². The van der Waals surface area contributed by atoms with Gasteiger partial charge in [-0.2, -0.15) is 0 Å². The summed E-state index contributed by atoms with van der Waals surface area (Å²) in [6.07, 6.45) is 2.62. The summed E-state index contributed by atoms with van der Waals surface area (Å²) in [4.78, 5) is 60.5. The third kappa shape index (κ3) is 5.71. The van der Waals surface area contributed by atoms with Crippen LogP contribution in [0, 0.1) is 5.92 Å². The average Bonchev–Trinajstić information content (AvgIpc) is 3.72. The number of hydrogen-bond donors (Lipinski definition) is 2. The number of aliphatic hydroxyl groups excluding tert-OH is 1. The van der Waals surface area contributed by atoms with Crippen LogP contribution in [-0.2, 0) is 24.5 Å². The van der Waals surface area contributed by atoms with Gasteiger partial charge in [-0.05, 0) is 46.5 Å². The lowest BCUT2D eigenvalue weighted by molar-refractivity contribution is -0.179. The molecule has 5 heterocycles. The number of fused-ring (bicyclic) bond motifs is 3. The number of piperazine rings is 1. The van der Waals surface area contributed by atoms with E-state index in [1.807, 2.05) is 108 Å². The molecule has 6 unspecified atom stereocenters. The molecule has 12 heteroatoms. The molecule has 2 amide bonds. The Kier molecular flexibility index (Phi) is 8.99. The zero-order valence-electron chi connectivity index (χ0n) is 30.0. The van der Waals surface area contributed by atoms with Crippen molar-refractivity contribution in [3.05, 3.63) is 150 Å². The molecule has 9 rings (SSSR count). The predicted molar refractivity (Wildman–Crippen MR) is 203 cm³/mol. The van der Waals surface area contributed by atoms with Crippen LogP contribution in [0.4, 0.5) is 11.6 Å². The highest BCUT2D eigenvalue weighted by Crippen LogP contribution is 2.65. The number of rotatable bonds is 8. The van der Waals surface area contributed by atoms with Crippen molar-refractivity contribution in [2.45, 2.75) is 29.6 Å². The SMILES string of the molecule is O=C1OC(c2ccccc2)C(c2ccccc2)N2C1C(C(=O)N1CCN(c3ncccn3)CC1)C1(C(=O)Nc3ccccc31)C2c1cccc(OCCO)c1. The Bertz CT molecular complexity index is 2200. The van der Waals surface area contributed by atoms with E-state index in [9.17, 15) is 9.90 Å². The fourth-order valence-corrected chi connectivity index (χ4v) is 9.25. The van der Waals surface area contributed by atoms with Crippen LogP contribution in [0.1, 0.15) is 40.4 Å². The van der Waals surface area contributed by atoms with E-state index in [4.69, 9.17) is 9.47 Å². The number of benzene rings is 4. The molecule has 0 aliphatic carbocycles. The van der Waals surface area contributed by atoms with Crippen LogP contribution in [0.2, 0.25) is 0 Å². The van der Waals surface area contributed by atoms with Gasteiger partial charge >= 0.3 is 5.97 Å². The number of aromatic nitrogens is 2. The number of hydrogen-bond acceptors (Lipinski definition) is 10. The summed E-state index contributed by atoms with van der Waals surface area (Å²) in [5, 5.41) is 12.8. The highest BCUT2D eigenvalue weighted by atomic mass is 16.6. The van der Waals surface area contributed by atoms with Crippen LogP contribution in [-0.4, -0.2) is 88.1 Å². The maximum atomic E-state index is 15.5. The largest absolute Gasteiger partial charge is 0.491 e. The molecular weight excluding hydrogens is 697 g/mol. The summed E-state index contributed by atoms with van der Waals surface area (Å²) in [5.74, 6) is -1.32. The monoisotopic (exact) mass is 736 g/mol. The highest BCUT2D eigenvalue weighted by Gasteiger charge is 2.74. The third-order valence-electron chi connectivity index (χ3n) is 11.4. The Hall–Kier alpha value is -6.11. The van der Waals surface area contributed by atoms with Crippen LogP contribution < -0.4 is 15.0 Å². The first-order valence-electron chi connectivity index (χ1n) is 18.6. The smallest absolute Gasteiger partial charge is 0.324 e. The summed E-state index contributed by atoms with van der Waals surface area (Å²) in [7, 11) is 0. The molecule has 55 heavy (non-hydrogen) atoms. The number of amides is 2. The van der Waals surface area contributed by atoms with Crippen LogP contribution in [0.15, 0.2) is 128 Å². The lowest BCUT2D eigenvalue weighted by Gasteiger charge is -2.46. The van der Waals surface area contributed by atoms with Gasteiger partial charge in [-0.15, -0.1) is 0 Å². The third-order valence-corrected chi connectivity index (χ3v) is 11.4. The summed E-state index contributed by atoms with van der Waals surface area (Å²) >= 11 is 0. The molecule has 6 atom stereocenters. The van der Waals surface area contributed by atoms with Crippen LogP contribution in [0.5, 0.6) is 5.75 Å². The Morgan fingerprint density at radius 1 is 0.800 bits per heavy atom. The molecule has 5 aromatic rings. The number of nitrogens with one attached hydrogen (secondary N) is 1. The zero-order chi connectivity index (χ0) is 37.5. The second-order valence-electron chi connectivity index (χ2n) is 14.3. The first-order valence-corrected chi connectivity index (χ1v) is 18.6. The molecule has 278 valence electrons. The standard InChI is InChI=1S/C43H40N6O6/c50-25-26-54-31-16-9-15-30(27-31)38-43(32-17-7-8-18-33(32)46-41(43)53)34(39(51)47-21-23-48(24-22-47)42-44-19-10-20-45-42)36-40(52)55-37(29-13-5-2-6-14-29)35(49(36)38)28-11-3-1-4-12-28/h1-20,27,34-38,50H,21-26H2,(H,46,53). The van der Waals surface area contributed by atoms with Crippen molar-refractivity contribution in [3.8, 4) is 5.75 Å². The number of esters is 1. The molecule has 0 saturated carbocycles. The normalized spacial score (nSPS) is 25.9. The van der Waals surface area contributed by atoms with Crippen molar-refractivity contribution in [1.82, 2.24) is 19.8 Å². The summed E-state index contributed by atoms with van der Waals surface area (Å²) in [6, 6.07) is 33.5. The van der Waals surface area contributed by atoms with E-state index in [1.54, 1.807) is 29.4 Å². The van der Waals surface area contributed by atoms with E-state index in [2.05, 4.69) is 20.2 Å². The molecule has 3 saturated heterocycles. The predicted octanol–water partition coefficient (Wildman–Crippen LogP) is 4.47. The number of morpholine rings is 1. The van der Waals surface area contributed by atoms with E-state index >= 15 is 9.59 Å². The molecule has 0 bridgehead atoms. The number of carbonyl (C=O) groups is 3. The lowest BCUT2D eigenvalue weighted by Crippen LogP contribution is -2.58. The maximum Gasteiger partial charge on any atom is 0.324 e. The molecule has 4 aliphatic rings. The number of cyclic esters (lactones) is 1. The fraction of sp³-hybridized carbons (Fsp3) is 0.279. The Labute approximate surface area is 318 Å². The van der Waals surface area contributed by atoms with Gasteiger partial charge in [0.25, 0.3) is 0 Å². The van der Waals surface area contributed by atoms with Crippen molar-refractivity contribution in [1.29, 1.82) is 0 Å². The van der Waals surface area contributed by atoms with E-state index in [0.717, 1.165) is 11.1 Å². The number of anilines is 2. The van der Waals surface area contributed by atoms with Gasteiger partial charge in [0, 0.05) is 44.3 Å². The van der Waals surface area contributed by atoms with Gasteiger partial charge in [0.05, 0.1) is 24.6 Å². The molecule has 12 nitrogen and oxygen atoms in total. The molecule has 4 aromatic carbocycles. The molecular formula is C43H40N6O6. The summed E-state index contributed by atoms with van der Waals surface area (Å²) in [6.45, 7) is 1.55. The quantitative estimate of drug-likeness (QED) is 0.220. The fourth-order valence-electron chi connectivity index (χ4n) is 9.25. The van der Waals surface area contributed by atoms with Gasteiger partial charge in [0.2, 0.25) is 17.8 Å². The maximum absolute atomic E-state index is 15.5. The lowest BCUT2D eigenvalue weighted by atomic mass is 9.65. The van der Waals surface area contributed by atoms with Gasteiger partial charge in [-0.25, -0.2) is 9.97 Å². The second kappa shape index (κ2) is 14.3. The minimum atomic E-state index is -1.56. The van der Waals surface area contributed by atoms with Gasteiger partial charge < -0.3 is 29.7 Å². The molecule has 2 N–H and O–H groups in total. The van der Waals surface area contributed by atoms with Crippen molar-refractivity contribution >= 4 is 29.4 Å². The molecule has 4 aliphatic heterocycles. The average molecular weight is 737 g/mol. The van der Waals surface area contributed by atoms with Crippen LogP contribution in [0.25, 0.3) is 0 Å². The first kappa shape index (κ1) is 34.6. The van der Waals surface area contributed by atoms with E-state index < -0.39 is 41.5 Å². The Morgan fingerprint density at radius 3 is 2.20 bits per heavy atom. The Balaban J connectivity index is 1.26.